The summed E-state index contributed by atoms with van der Waals surface area (Å²) < 4.78 is 0. The Morgan fingerprint density at radius 1 is 1.05 bits per heavy atom. The summed E-state index contributed by atoms with van der Waals surface area (Å²) in [5.74, 6) is -0.0629. The van der Waals surface area contributed by atoms with Crippen molar-refractivity contribution in [2.45, 2.75) is 20.3 Å². The molecule has 0 aliphatic carbocycles. The fraction of sp³-hybridized carbons (Fsp3) is 0.235. The van der Waals surface area contributed by atoms with Gasteiger partial charge in [0.25, 0.3) is 0 Å². The Morgan fingerprint density at radius 3 is 2.50 bits per heavy atom. The first-order valence-corrected chi connectivity index (χ1v) is 7.77. The van der Waals surface area contributed by atoms with Crippen LogP contribution in [0.25, 0.3) is 0 Å². The maximum absolute atomic E-state index is 11.9. The van der Waals surface area contributed by atoms with Crippen molar-refractivity contribution in [2.24, 2.45) is 0 Å². The third kappa shape index (κ3) is 4.65. The number of carbonyl (C=O) groups excluding carboxylic acids is 1. The summed E-state index contributed by atoms with van der Waals surface area (Å²) in [6.07, 6.45) is 0.359. The Balaban J connectivity index is 1.85. The lowest BCUT2D eigenvalue weighted by Gasteiger charge is -2.10. The lowest BCUT2D eigenvalue weighted by Crippen LogP contribution is -2.16. The standard InChI is InChI=1S/C17H18Cl2N2O/c1-11-4-6-14(10-15(11)19)21-17(22)7-8-20-16-9-13(18)5-3-12(16)2/h3-6,9-10,20H,7-8H2,1-2H3,(H,21,22). The molecule has 0 bridgehead atoms. The largest absolute Gasteiger partial charge is 0.384 e. The van der Waals surface area contributed by atoms with Crippen molar-refractivity contribution in [2.75, 3.05) is 17.2 Å². The van der Waals surface area contributed by atoms with Gasteiger partial charge in [-0.3, -0.25) is 4.79 Å². The first-order valence-electron chi connectivity index (χ1n) is 7.02. The summed E-state index contributed by atoms with van der Waals surface area (Å²) in [5, 5.41) is 7.37. The molecule has 2 rings (SSSR count). The fourth-order valence-electron chi connectivity index (χ4n) is 1.99. The molecule has 2 N–H and O–H groups in total. The van der Waals surface area contributed by atoms with E-state index in [0.717, 1.165) is 16.8 Å². The number of halogens is 2. The third-order valence-electron chi connectivity index (χ3n) is 3.32. The molecule has 22 heavy (non-hydrogen) atoms. The van der Waals surface area contributed by atoms with E-state index in [2.05, 4.69) is 10.6 Å². The van der Waals surface area contributed by atoms with E-state index < -0.39 is 0 Å². The Kier molecular flexibility index (Phi) is 5.69. The van der Waals surface area contributed by atoms with Gasteiger partial charge in [-0.25, -0.2) is 0 Å². The Hall–Kier alpha value is -1.71. The van der Waals surface area contributed by atoms with Crippen LogP contribution in [0.1, 0.15) is 17.5 Å². The highest BCUT2D eigenvalue weighted by atomic mass is 35.5. The lowest BCUT2D eigenvalue weighted by atomic mass is 10.2. The van der Waals surface area contributed by atoms with Crippen LogP contribution in [-0.4, -0.2) is 12.5 Å². The second-order valence-electron chi connectivity index (χ2n) is 5.15. The second-order valence-corrected chi connectivity index (χ2v) is 5.99. The lowest BCUT2D eigenvalue weighted by molar-refractivity contribution is -0.115. The van der Waals surface area contributed by atoms with Gasteiger partial charge < -0.3 is 10.6 Å². The number of aryl methyl sites for hydroxylation is 2. The van der Waals surface area contributed by atoms with Crippen molar-refractivity contribution < 1.29 is 4.79 Å². The van der Waals surface area contributed by atoms with Gasteiger partial charge >= 0.3 is 0 Å². The highest BCUT2D eigenvalue weighted by Crippen LogP contribution is 2.21. The first kappa shape index (κ1) is 16.7. The molecule has 0 radical (unpaired) electrons. The van der Waals surface area contributed by atoms with Crippen LogP contribution >= 0.6 is 23.2 Å². The average Bonchev–Trinajstić information content (AvgIpc) is 2.46. The van der Waals surface area contributed by atoms with E-state index in [1.807, 2.05) is 44.2 Å². The van der Waals surface area contributed by atoms with E-state index in [9.17, 15) is 4.79 Å². The highest BCUT2D eigenvalue weighted by molar-refractivity contribution is 6.31. The van der Waals surface area contributed by atoms with E-state index in [1.54, 1.807) is 6.07 Å². The normalized spacial score (nSPS) is 10.4. The maximum Gasteiger partial charge on any atom is 0.226 e. The summed E-state index contributed by atoms with van der Waals surface area (Å²) in [6.45, 7) is 4.45. The van der Waals surface area contributed by atoms with Crippen LogP contribution in [0.5, 0.6) is 0 Å². The third-order valence-corrected chi connectivity index (χ3v) is 3.97. The van der Waals surface area contributed by atoms with Crippen LogP contribution in [0.3, 0.4) is 0 Å². The molecule has 2 aromatic rings. The highest BCUT2D eigenvalue weighted by Gasteiger charge is 2.05. The topological polar surface area (TPSA) is 41.1 Å². The van der Waals surface area contributed by atoms with E-state index in [4.69, 9.17) is 23.2 Å². The van der Waals surface area contributed by atoms with Crippen molar-refractivity contribution in [3.05, 3.63) is 57.6 Å². The summed E-state index contributed by atoms with van der Waals surface area (Å²) in [7, 11) is 0. The van der Waals surface area contributed by atoms with Crippen molar-refractivity contribution in [3.8, 4) is 0 Å². The first-order chi connectivity index (χ1) is 10.5. The molecule has 0 saturated carbocycles. The number of amides is 1. The van der Waals surface area contributed by atoms with Crippen molar-refractivity contribution in [1.29, 1.82) is 0 Å². The van der Waals surface area contributed by atoms with Crippen LogP contribution in [0.4, 0.5) is 11.4 Å². The smallest absolute Gasteiger partial charge is 0.226 e. The predicted octanol–water partition coefficient (Wildman–Crippen LogP) is 5.05. The zero-order valence-corrected chi connectivity index (χ0v) is 14.1. The zero-order chi connectivity index (χ0) is 16.1. The molecule has 0 unspecified atom stereocenters. The van der Waals surface area contributed by atoms with E-state index in [0.29, 0.717) is 28.7 Å². The van der Waals surface area contributed by atoms with Crippen LogP contribution in [0.15, 0.2) is 36.4 Å². The van der Waals surface area contributed by atoms with Crippen LogP contribution in [0, 0.1) is 13.8 Å². The predicted molar refractivity (Wildman–Crippen MR) is 94.1 cm³/mol. The Bertz CT molecular complexity index is 686. The van der Waals surface area contributed by atoms with Crippen LogP contribution in [0.2, 0.25) is 10.0 Å². The molecular formula is C17H18Cl2N2O. The average molecular weight is 337 g/mol. The van der Waals surface area contributed by atoms with Gasteiger partial charge in [0.15, 0.2) is 0 Å². The number of anilines is 2. The molecule has 0 atom stereocenters. The molecule has 0 fully saturated rings. The summed E-state index contributed by atoms with van der Waals surface area (Å²) in [4.78, 5) is 11.9. The SMILES string of the molecule is Cc1ccc(NC(=O)CCNc2cc(Cl)ccc2C)cc1Cl. The van der Waals surface area contributed by atoms with Crippen molar-refractivity contribution >= 4 is 40.5 Å². The van der Waals surface area contributed by atoms with Gasteiger partial charge in [0.2, 0.25) is 5.91 Å². The number of hydrogen-bond acceptors (Lipinski definition) is 2. The van der Waals surface area contributed by atoms with Crippen LogP contribution in [-0.2, 0) is 4.79 Å². The van der Waals surface area contributed by atoms with E-state index in [-0.39, 0.29) is 5.91 Å². The molecule has 0 spiro atoms. The van der Waals surface area contributed by atoms with Crippen molar-refractivity contribution in [3.63, 3.8) is 0 Å². The number of nitrogens with one attached hydrogen (secondary N) is 2. The quantitative estimate of drug-likeness (QED) is 0.801. The van der Waals surface area contributed by atoms with E-state index in [1.165, 1.54) is 0 Å². The molecule has 116 valence electrons. The van der Waals surface area contributed by atoms with Crippen LogP contribution < -0.4 is 10.6 Å². The Morgan fingerprint density at radius 2 is 1.77 bits per heavy atom. The summed E-state index contributed by atoms with van der Waals surface area (Å²) in [5.41, 5.74) is 3.73. The second kappa shape index (κ2) is 7.52. The molecule has 1 amide bonds. The van der Waals surface area contributed by atoms with Gasteiger partial charge in [-0.15, -0.1) is 0 Å². The van der Waals surface area contributed by atoms with Gasteiger partial charge in [-0.1, -0.05) is 35.3 Å². The number of rotatable bonds is 5. The zero-order valence-electron chi connectivity index (χ0n) is 12.5. The van der Waals surface area contributed by atoms with E-state index >= 15 is 0 Å². The molecule has 5 heteroatoms. The molecule has 0 saturated heterocycles. The van der Waals surface area contributed by atoms with Gasteiger partial charge in [0.05, 0.1) is 0 Å². The van der Waals surface area contributed by atoms with Gasteiger partial charge in [0, 0.05) is 34.4 Å². The molecule has 0 aliphatic rings. The molecular weight excluding hydrogens is 319 g/mol. The minimum atomic E-state index is -0.0629. The van der Waals surface area contributed by atoms with Gasteiger partial charge in [-0.2, -0.15) is 0 Å². The molecule has 3 nitrogen and oxygen atoms in total. The van der Waals surface area contributed by atoms with Gasteiger partial charge in [0.1, 0.15) is 0 Å². The number of carbonyl (C=O) groups is 1. The summed E-state index contributed by atoms with van der Waals surface area (Å²) >= 11 is 12.0. The Labute approximate surface area is 140 Å². The fourth-order valence-corrected chi connectivity index (χ4v) is 2.34. The summed E-state index contributed by atoms with van der Waals surface area (Å²) in [6, 6.07) is 11.1. The molecule has 2 aromatic carbocycles. The molecule has 0 heterocycles. The number of hydrogen-bond donors (Lipinski definition) is 2. The maximum atomic E-state index is 11.9. The molecule has 0 aromatic heterocycles. The monoisotopic (exact) mass is 336 g/mol. The van der Waals surface area contributed by atoms with Crippen molar-refractivity contribution in [1.82, 2.24) is 0 Å². The minimum absolute atomic E-state index is 0.0629. The minimum Gasteiger partial charge on any atom is -0.384 e. The van der Waals surface area contributed by atoms with Gasteiger partial charge in [-0.05, 0) is 49.2 Å². The molecule has 0 aliphatic heterocycles. The number of benzene rings is 2.